The summed E-state index contributed by atoms with van der Waals surface area (Å²) in [6.07, 6.45) is 4.31. The van der Waals surface area contributed by atoms with E-state index in [9.17, 15) is 17.6 Å². The number of sulfonamides is 1. The average molecular weight is 458 g/mol. The molecule has 0 unspecified atom stereocenters. The van der Waals surface area contributed by atoms with Crippen molar-refractivity contribution in [1.29, 1.82) is 0 Å². The van der Waals surface area contributed by atoms with Gasteiger partial charge in [0.05, 0.1) is 22.3 Å². The van der Waals surface area contributed by atoms with Crippen LogP contribution in [0.4, 0.5) is 4.39 Å². The number of benzene rings is 1. The molecule has 1 amide bonds. The number of amides is 1. The van der Waals surface area contributed by atoms with Crippen LogP contribution in [0.3, 0.4) is 0 Å². The molecular formula is C22H24FN5O3S. The molecule has 3 heterocycles. The van der Waals surface area contributed by atoms with Gasteiger partial charge in [-0.25, -0.2) is 22.5 Å². The smallest absolute Gasteiger partial charge is 0.257 e. The van der Waals surface area contributed by atoms with E-state index in [4.69, 9.17) is 0 Å². The number of nitrogens with zero attached hydrogens (tertiary/aromatic N) is 5. The van der Waals surface area contributed by atoms with Gasteiger partial charge in [-0.3, -0.25) is 4.79 Å². The van der Waals surface area contributed by atoms with Gasteiger partial charge < -0.3 is 4.90 Å². The number of halogens is 1. The summed E-state index contributed by atoms with van der Waals surface area (Å²) in [6, 6.07) is 10.3. The van der Waals surface area contributed by atoms with Crippen molar-refractivity contribution in [1.82, 2.24) is 24.0 Å². The number of pyridine rings is 1. The fourth-order valence-corrected chi connectivity index (χ4v) is 5.30. The van der Waals surface area contributed by atoms with Gasteiger partial charge in [-0.05, 0) is 49.2 Å². The summed E-state index contributed by atoms with van der Waals surface area (Å²) >= 11 is 0. The van der Waals surface area contributed by atoms with Crippen molar-refractivity contribution >= 4 is 15.9 Å². The molecule has 168 valence electrons. The van der Waals surface area contributed by atoms with E-state index in [1.165, 1.54) is 16.4 Å². The molecule has 0 N–H and O–H groups in total. The Hall–Kier alpha value is -3.11. The van der Waals surface area contributed by atoms with Crippen molar-refractivity contribution in [3.8, 4) is 5.82 Å². The minimum atomic E-state index is -3.76. The van der Waals surface area contributed by atoms with E-state index >= 15 is 0 Å². The highest BCUT2D eigenvalue weighted by Crippen LogP contribution is 2.21. The monoisotopic (exact) mass is 457 g/mol. The fourth-order valence-electron chi connectivity index (χ4n) is 3.83. The Morgan fingerprint density at radius 3 is 2.53 bits per heavy atom. The third kappa shape index (κ3) is 4.28. The summed E-state index contributed by atoms with van der Waals surface area (Å²) < 4.78 is 42.1. The highest BCUT2D eigenvalue weighted by molar-refractivity contribution is 7.89. The van der Waals surface area contributed by atoms with Crippen LogP contribution in [0, 0.1) is 5.82 Å². The first kappa shape index (κ1) is 22.1. The zero-order valence-electron chi connectivity index (χ0n) is 17.7. The molecule has 1 aliphatic rings. The molecule has 0 atom stereocenters. The SMILES string of the molecule is CCc1c(C(=O)N2CCCN(S(=O)(=O)c3ccc(F)cc3)CC2)cnn1-c1ccccn1. The fraction of sp³-hybridized carbons (Fsp3) is 0.318. The topological polar surface area (TPSA) is 88.4 Å². The number of hydrogen-bond donors (Lipinski definition) is 0. The maximum atomic E-state index is 13.3. The molecule has 0 saturated carbocycles. The lowest BCUT2D eigenvalue weighted by atomic mass is 10.1. The first-order valence-electron chi connectivity index (χ1n) is 10.4. The zero-order chi connectivity index (χ0) is 22.7. The molecule has 8 nitrogen and oxygen atoms in total. The minimum Gasteiger partial charge on any atom is -0.337 e. The summed E-state index contributed by atoms with van der Waals surface area (Å²) in [4.78, 5) is 19.3. The molecule has 0 bridgehead atoms. The maximum absolute atomic E-state index is 13.3. The van der Waals surface area contributed by atoms with E-state index in [1.807, 2.05) is 25.1 Å². The van der Waals surface area contributed by atoms with Gasteiger partial charge in [-0.1, -0.05) is 13.0 Å². The number of rotatable bonds is 5. The molecule has 0 spiro atoms. The highest BCUT2D eigenvalue weighted by Gasteiger charge is 2.30. The quantitative estimate of drug-likeness (QED) is 0.587. The summed E-state index contributed by atoms with van der Waals surface area (Å²) in [7, 11) is -3.76. The van der Waals surface area contributed by atoms with E-state index < -0.39 is 15.8 Å². The van der Waals surface area contributed by atoms with Crippen LogP contribution in [-0.4, -0.2) is 64.5 Å². The second-order valence-corrected chi connectivity index (χ2v) is 9.40. The summed E-state index contributed by atoms with van der Waals surface area (Å²) in [5.74, 6) is -0.0320. The second kappa shape index (κ2) is 9.17. The minimum absolute atomic E-state index is 0.0450. The lowest BCUT2D eigenvalue weighted by Gasteiger charge is -2.22. The van der Waals surface area contributed by atoms with Crippen molar-refractivity contribution in [3.63, 3.8) is 0 Å². The predicted octanol–water partition coefficient (Wildman–Crippen LogP) is 2.51. The third-order valence-electron chi connectivity index (χ3n) is 5.49. The number of aromatic nitrogens is 3. The van der Waals surface area contributed by atoms with E-state index in [2.05, 4.69) is 10.1 Å². The van der Waals surface area contributed by atoms with E-state index in [-0.39, 0.29) is 30.4 Å². The van der Waals surface area contributed by atoms with Gasteiger partial charge >= 0.3 is 0 Å². The molecule has 1 aliphatic heterocycles. The zero-order valence-corrected chi connectivity index (χ0v) is 18.5. The predicted molar refractivity (Wildman–Crippen MR) is 116 cm³/mol. The van der Waals surface area contributed by atoms with Crippen LogP contribution in [-0.2, 0) is 16.4 Å². The Balaban J connectivity index is 1.52. The van der Waals surface area contributed by atoms with Gasteiger partial charge in [-0.15, -0.1) is 0 Å². The first-order chi connectivity index (χ1) is 15.4. The summed E-state index contributed by atoms with van der Waals surface area (Å²) in [5.41, 5.74) is 1.25. The maximum Gasteiger partial charge on any atom is 0.257 e. The Kier molecular flexibility index (Phi) is 6.33. The largest absolute Gasteiger partial charge is 0.337 e. The van der Waals surface area contributed by atoms with Crippen molar-refractivity contribution in [2.45, 2.75) is 24.7 Å². The van der Waals surface area contributed by atoms with Crippen LogP contribution in [0.25, 0.3) is 5.82 Å². The normalized spacial score (nSPS) is 15.5. The van der Waals surface area contributed by atoms with Gasteiger partial charge in [0, 0.05) is 32.4 Å². The Labute approximate surface area is 186 Å². The van der Waals surface area contributed by atoms with Crippen LogP contribution in [0.5, 0.6) is 0 Å². The highest BCUT2D eigenvalue weighted by atomic mass is 32.2. The van der Waals surface area contributed by atoms with Crippen LogP contribution < -0.4 is 0 Å². The van der Waals surface area contributed by atoms with Crippen LogP contribution >= 0.6 is 0 Å². The Morgan fingerprint density at radius 2 is 1.84 bits per heavy atom. The van der Waals surface area contributed by atoms with E-state index in [1.54, 1.807) is 22.0 Å². The second-order valence-electron chi connectivity index (χ2n) is 7.46. The van der Waals surface area contributed by atoms with Crippen molar-refractivity contribution < 1.29 is 17.6 Å². The van der Waals surface area contributed by atoms with Gasteiger partial charge in [0.1, 0.15) is 5.82 Å². The summed E-state index contributed by atoms with van der Waals surface area (Å²) in [6.45, 7) is 3.11. The third-order valence-corrected chi connectivity index (χ3v) is 7.41. The molecular weight excluding hydrogens is 433 g/mol. The van der Waals surface area contributed by atoms with E-state index in [0.717, 1.165) is 17.8 Å². The van der Waals surface area contributed by atoms with Gasteiger partial charge in [-0.2, -0.15) is 9.40 Å². The molecule has 1 fully saturated rings. The number of carbonyl (C=O) groups excluding carboxylic acids is 1. The van der Waals surface area contributed by atoms with Crippen molar-refractivity contribution in [2.75, 3.05) is 26.2 Å². The molecule has 3 aromatic rings. The van der Waals surface area contributed by atoms with Crippen LogP contribution in [0.15, 0.2) is 59.8 Å². The van der Waals surface area contributed by atoms with Crippen molar-refractivity contribution in [2.24, 2.45) is 0 Å². The summed E-state index contributed by atoms with van der Waals surface area (Å²) in [5, 5.41) is 4.37. The van der Waals surface area contributed by atoms with Crippen molar-refractivity contribution in [3.05, 3.63) is 71.9 Å². The molecule has 1 aromatic carbocycles. The Bertz CT molecular complexity index is 1200. The van der Waals surface area contributed by atoms with Crippen LogP contribution in [0.2, 0.25) is 0 Å². The number of hydrogen-bond acceptors (Lipinski definition) is 5. The molecule has 2 aromatic heterocycles. The molecule has 10 heteroatoms. The molecule has 32 heavy (non-hydrogen) atoms. The van der Waals surface area contributed by atoms with Gasteiger partial charge in [0.2, 0.25) is 10.0 Å². The van der Waals surface area contributed by atoms with Gasteiger partial charge in [0.15, 0.2) is 5.82 Å². The molecule has 1 saturated heterocycles. The molecule has 0 radical (unpaired) electrons. The van der Waals surface area contributed by atoms with Gasteiger partial charge in [0.25, 0.3) is 5.91 Å². The van der Waals surface area contributed by atoms with E-state index in [0.29, 0.717) is 30.8 Å². The molecule has 0 aliphatic carbocycles. The Morgan fingerprint density at radius 1 is 1.06 bits per heavy atom. The number of carbonyl (C=O) groups is 1. The molecule has 4 rings (SSSR count). The first-order valence-corrected chi connectivity index (χ1v) is 11.9. The standard InChI is InChI=1S/C22H24FN5O3S/c1-2-20-19(16-25-28(20)21-6-3-4-11-24-21)22(29)26-12-5-13-27(15-14-26)32(30,31)18-9-7-17(23)8-10-18/h3-4,6-11,16H,2,5,12-15H2,1H3. The van der Waals surface area contributed by atoms with Crippen LogP contribution in [0.1, 0.15) is 29.4 Å². The lowest BCUT2D eigenvalue weighted by Crippen LogP contribution is -2.37. The lowest BCUT2D eigenvalue weighted by molar-refractivity contribution is 0.0763. The average Bonchev–Trinajstić information content (AvgIpc) is 3.07.